The van der Waals surface area contributed by atoms with Crippen molar-refractivity contribution in [1.29, 1.82) is 0 Å². The van der Waals surface area contributed by atoms with Crippen molar-refractivity contribution >= 4 is 5.91 Å². The molecule has 1 aromatic rings. The molecule has 1 aliphatic rings. The van der Waals surface area contributed by atoms with Gasteiger partial charge in [-0.05, 0) is 31.5 Å². The minimum atomic E-state index is -0.383. The summed E-state index contributed by atoms with van der Waals surface area (Å²) in [5, 5.41) is 12.6. The standard InChI is InChI=1S/C14H20N2O4/c1-3-20-12-7-10(15)13(12)16-14(18)9-6-8(19-2)4-5-11(9)17/h4-6,10,12-13,17H,3,7,15H2,1-2H3,(H,16,18). The van der Waals surface area contributed by atoms with E-state index in [0.717, 1.165) is 6.42 Å². The topological polar surface area (TPSA) is 93.8 Å². The van der Waals surface area contributed by atoms with E-state index in [9.17, 15) is 9.90 Å². The Morgan fingerprint density at radius 1 is 1.55 bits per heavy atom. The Labute approximate surface area is 117 Å². The first-order chi connectivity index (χ1) is 9.56. The fourth-order valence-corrected chi connectivity index (χ4v) is 2.28. The van der Waals surface area contributed by atoms with Crippen LogP contribution in [0.15, 0.2) is 18.2 Å². The summed E-state index contributed by atoms with van der Waals surface area (Å²) in [6, 6.07) is 4.15. The first kappa shape index (κ1) is 14.6. The van der Waals surface area contributed by atoms with Crippen LogP contribution in [0.4, 0.5) is 0 Å². The molecule has 1 amide bonds. The number of methoxy groups -OCH3 is 1. The molecular formula is C14H20N2O4. The number of hydrogen-bond donors (Lipinski definition) is 3. The number of nitrogens with one attached hydrogen (secondary N) is 1. The Bertz CT molecular complexity index is 490. The highest BCUT2D eigenvalue weighted by atomic mass is 16.5. The zero-order valence-electron chi connectivity index (χ0n) is 11.6. The number of carbonyl (C=O) groups is 1. The van der Waals surface area contributed by atoms with Gasteiger partial charge >= 0.3 is 0 Å². The highest BCUT2D eigenvalue weighted by molar-refractivity contribution is 5.97. The fourth-order valence-electron chi connectivity index (χ4n) is 2.28. The average molecular weight is 280 g/mol. The molecule has 20 heavy (non-hydrogen) atoms. The van der Waals surface area contributed by atoms with Gasteiger partial charge in [0.2, 0.25) is 0 Å². The van der Waals surface area contributed by atoms with E-state index in [4.69, 9.17) is 15.2 Å². The molecular weight excluding hydrogens is 260 g/mol. The number of nitrogens with two attached hydrogens (primary N) is 1. The lowest BCUT2D eigenvalue weighted by Gasteiger charge is -2.42. The van der Waals surface area contributed by atoms with Gasteiger partial charge in [-0.1, -0.05) is 0 Å². The highest BCUT2D eigenvalue weighted by Gasteiger charge is 2.40. The second-order valence-corrected chi connectivity index (χ2v) is 4.78. The normalized spacial score (nSPS) is 24.9. The summed E-state index contributed by atoms with van der Waals surface area (Å²) in [7, 11) is 1.50. The summed E-state index contributed by atoms with van der Waals surface area (Å²) in [4.78, 5) is 12.2. The Hall–Kier alpha value is -1.79. The first-order valence-corrected chi connectivity index (χ1v) is 6.61. The van der Waals surface area contributed by atoms with Gasteiger partial charge in [-0.15, -0.1) is 0 Å². The lowest BCUT2D eigenvalue weighted by Crippen LogP contribution is -2.64. The summed E-state index contributed by atoms with van der Waals surface area (Å²) in [6.07, 6.45) is 0.662. The molecule has 3 unspecified atom stereocenters. The van der Waals surface area contributed by atoms with Gasteiger partial charge in [-0.25, -0.2) is 0 Å². The molecule has 1 aliphatic carbocycles. The molecule has 0 heterocycles. The van der Waals surface area contributed by atoms with Gasteiger partial charge in [0.25, 0.3) is 5.91 Å². The molecule has 110 valence electrons. The van der Waals surface area contributed by atoms with Crippen LogP contribution >= 0.6 is 0 Å². The Balaban J connectivity index is 2.08. The fraction of sp³-hybridized carbons (Fsp3) is 0.500. The van der Waals surface area contributed by atoms with Crippen LogP contribution in [0.2, 0.25) is 0 Å². The zero-order valence-corrected chi connectivity index (χ0v) is 11.6. The molecule has 4 N–H and O–H groups in total. The van der Waals surface area contributed by atoms with E-state index in [2.05, 4.69) is 5.32 Å². The molecule has 6 nitrogen and oxygen atoms in total. The first-order valence-electron chi connectivity index (χ1n) is 6.61. The van der Waals surface area contributed by atoms with Gasteiger partial charge in [0.05, 0.1) is 24.8 Å². The summed E-state index contributed by atoms with van der Waals surface area (Å²) in [5.41, 5.74) is 6.05. The number of aromatic hydroxyl groups is 1. The second kappa shape index (κ2) is 6.11. The van der Waals surface area contributed by atoms with Crippen molar-refractivity contribution in [2.75, 3.05) is 13.7 Å². The number of phenolic OH excluding ortho intramolecular Hbond substituents is 1. The van der Waals surface area contributed by atoms with E-state index in [0.29, 0.717) is 12.4 Å². The van der Waals surface area contributed by atoms with Crippen LogP contribution in [-0.2, 0) is 4.74 Å². The van der Waals surface area contributed by atoms with Crippen LogP contribution < -0.4 is 15.8 Å². The third-order valence-corrected chi connectivity index (χ3v) is 3.49. The van der Waals surface area contributed by atoms with Crippen LogP contribution in [0.25, 0.3) is 0 Å². The van der Waals surface area contributed by atoms with Gasteiger partial charge in [-0.2, -0.15) is 0 Å². The third-order valence-electron chi connectivity index (χ3n) is 3.49. The van der Waals surface area contributed by atoms with E-state index in [1.54, 1.807) is 6.07 Å². The number of benzene rings is 1. The molecule has 1 aromatic carbocycles. The smallest absolute Gasteiger partial charge is 0.255 e. The summed E-state index contributed by atoms with van der Waals surface area (Å²) >= 11 is 0. The quantitative estimate of drug-likeness (QED) is 0.735. The largest absolute Gasteiger partial charge is 0.507 e. The molecule has 1 saturated carbocycles. The zero-order chi connectivity index (χ0) is 14.7. The predicted octanol–water partition coefficient (Wildman–Crippen LogP) is 0.635. The minimum absolute atomic E-state index is 0.0632. The lowest BCUT2D eigenvalue weighted by atomic mass is 9.83. The van der Waals surface area contributed by atoms with Crippen molar-refractivity contribution in [2.24, 2.45) is 5.73 Å². The molecule has 0 spiro atoms. The van der Waals surface area contributed by atoms with E-state index < -0.39 is 0 Å². The molecule has 0 aromatic heterocycles. The second-order valence-electron chi connectivity index (χ2n) is 4.78. The Morgan fingerprint density at radius 2 is 2.30 bits per heavy atom. The number of amides is 1. The van der Waals surface area contributed by atoms with E-state index in [1.165, 1.54) is 19.2 Å². The number of phenols is 1. The van der Waals surface area contributed by atoms with Crippen molar-refractivity contribution in [3.8, 4) is 11.5 Å². The minimum Gasteiger partial charge on any atom is -0.507 e. The third kappa shape index (κ3) is 2.86. The number of hydrogen-bond acceptors (Lipinski definition) is 5. The van der Waals surface area contributed by atoms with E-state index in [1.807, 2.05) is 6.92 Å². The van der Waals surface area contributed by atoms with Gasteiger partial charge in [0.15, 0.2) is 0 Å². The molecule has 0 radical (unpaired) electrons. The van der Waals surface area contributed by atoms with Crippen molar-refractivity contribution < 1.29 is 19.4 Å². The number of carbonyl (C=O) groups excluding carboxylic acids is 1. The molecule has 0 saturated heterocycles. The van der Waals surface area contributed by atoms with Crippen molar-refractivity contribution in [3.63, 3.8) is 0 Å². The maximum Gasteiger partial charge on any atom is 0.255 e. The van der Waals surface area contributed by atoms with Gasteiger partial charge in [-0.3, -0.25) is 4.79 Å². The molecule has 1 fully saturated rings. The maximum atomic E-state index is 12.2. The van der Waals surface area contributed by atoms with E-state index >= 15 is 0 Å². The van der Waals surface area contributed by atoms with Gasteiger partial charge < -0.3 is 25.6 Å². The summed E-state index contributed by atoms with van der Waals surface area (Å²) < 4.78 is 10.5. The van der Waals surface area contributed by atoms with E-state index in [-0.39, 0.29) is 35.4 Å². The van der Waals surface area contributed by atoms with Crippen molar-refractivity contribution in [3.05, 3.63) is 23.8 Å². The molecule has 0 bridgehead atoms. The van der Waals surface area contributed by atoms with Crippen molar-refractivity contribution in [2.45, 2.75) is 31.5 Å². The van der Waals surface area contributed by atoms with Gasteiger partial charge in [0.1, 0.15) is 11.5 Å². The van der Waals surface area contributed by atoms with Crippen LogP contribution in [0.3, 0.4) is 0 Å². The Morgan fingerprint density at radius 3 is 2.90 bits per heavy atom. The summed E-state index contributed by atoms with van der Waals surface area (Å²) in [5.74, 6) is 0.0302. The number of rotatable bonds is 5. The SMILES string of the molecule is CCOC1CC(N)C1NC(=O)c1cc(OC)ccc1O. The Kier molecular flexibility index (Phi) is 4.46. The van der Waals surface area contributed by atoms with Crippen LogP contribution in [0, 0.1) is 0 Å². The highest BCUT2D eigenvalue weighted by Crippen LogP contribution is 2.26. The van der Waals surface area contributed by atoms with Crippen LogP contribution in [0.1, 0.15) is 23.7 Å². The predicted molar refractivity (Wildman–Crippen MR) is 73.9 cm³/mol. The molecule has 6 heteroatoms. The average Bonchev–Trinajstić information content (AvgIpc) is 2.45. The summed E-state index contributed by atoms with van der Waals surface area (Å²) in [6.45, 7) is 2.48. The van der Waals surface area contributed by atoms with Gasteiger partial charge in [0, 0.05) is 12.6 Å². The van der Waals surface area contributed by atoms with Crippen molar-refractivity contribution in [1.82, 2.24) is 5.32 Å². The molecule has 2 rings (SSSR count). The molecule has 0 aliphatic heterocycles. The lowest BCUT2D eigenvalue weighted by molar-refractivity contribution is -0.0300. The molecule has 3 atom stereocenters. The van der Waals surface area contributed by atoms with Crippen LogP contribution in [-0.4, -0.2) is 42.9 Å². The maximum absolute atomic E-state index is 12.2. The van der Waals surface area contributed by atoms with Crippen LogP contribution in [0.5, 0.6) is 11.5 Å². The monoisotopic (exact) mass is 280 g/mol. The number of ether oxygens (including phenoxy) is 2.